The lowest BCUT2D eigenvalue weighted by Gasteiger charge is -2.34. The van der Waals surface area contributed by atoms with E-state index in [2.05, 4.69) is 63.9 Å². The van der Waals surface area contributed by atoms with E-state index >= 15 is 0 Å². The Hall–Kier alpha value is -2.06. The van der Waals surface area contributed by atoms with E-state index in [9.17, 15) is 4.79 Å². The molecule has 4 rings (SSSR count). The summed E-state index contributed by atoms with van der Waals surface area (Å²) in [5.74, 6) is -0.0451. The number of thiazole rings is 1. The first-order chi connectivity index (χ1) is 14.7. The van der Waals surface area contributed by atoms with E-state index in [1.165, 1.54) is 21.8 Å². The maximum absolute atomic E-state index is 13.0. The molecule has 1 atom stereocenters. The quantitative estimate of drug-likeness (QED) is 0.585. The fourth-order valence-electron chi connectivity index (χ4n) is 3.66. The van der Waals surface area contributed by atoms with Crippen molar-refractivity contribution in [3.05, 3.63) is 62.8 Å². The van der Waals surface area contributed by atoms with Gasteiger partial charge in [0.05, 0.1) is 24.9 Å². The molecule has 0 bridgehead atoms. The highest BCUT2D eigenvalue weighted by molar-refractivity contribution is 7.17. The number of hydrogen-bond acceptors (Lipinski definition) is 6. The standard InChI is InChI=1S/C23H27N3O2S2/c1-3-17-6-8-18(9-7-17)23-25-16(2)21(30-23)22(27)24-15-19(20-5-4-14-29-20)26-10-12-28-13-11-26/h4-9,14,19H,3,10-13,15H2,1-2H3,(H,24,27). The zero-order valence-corrected chi connectivity index (χ0v) is 19.0. The predicted octanol–water partition coefficient (Wildman–Crippen LogP) is 4.55. The first kappa shape index (κ1) is 21.2. The van der Waals surface area contributed by atoms with Gasteiger partial charge in [-0.05, 0) is 30.4 Å². The van der Waals surface area contributed by atoms with Crippen molar-refractivity contribution < 1.29 is 9.53 Å². The molecule has 3 heterocycles. The summed E-state index contributed by atoms with van der Waals surface area (Å²) in [4.78, 5) is 22.0. The number of carbonyl (C=O) groups is 1. The lowest BCUT2D eigenvalue weighted by Crippen LogP contribution is -2.43. The van der Waals surface area contributed by atoms with Gasteiger partial charge >= 0.3 is 0 Å². The third-order valence-corrected chi connectivity index (χ3v) is 7.60. The van der Waals surface area contributed by atoms with Crippen molar-refractivity contribution in [2.24, 2.45) is 0 Å². The predicted molar refractivity (Wildman–Crippen MR) is 123 cm³/mol. The molecule has 1 aliphatic heterocycles. The third-order valence-electron chi connectivity index (χ3n) is 5.43. The van der Waals surface area contributed by atoms with Crippen LogP contribution in [-0.4, -0.2) is 48.6 Å². The Bertz CT molecular complexity index is 961. The molecule has 158 valence electrons. The monoisotopic (exact) mass is 441 g/mol. The molecular formula is C23H27N3O2S2. The number of amides is 1. The number of aromatic nitrogens is 1. The molecule has 0 aliphatic carbocycles. The Kier molecular flexibility index (Phi) is 6.94. The summed E-state index contributed by atoms with van der Waals surface area (Å²) >= 11 is 3.20. The summed E-state index contributed by atoms with van der Waals surface area (Å²) in [5, 5.41) is 6.15. The largest absolute Gasteiger partial charge is 0.379 e. The Morgan fingerprint density at radius 2 is 2.00 bits per heavy atom. The molecule has 1 N–H and O–H groups in total. The van der Waals surface area contributed by atoms with E-state index < -0.39 is 0 Å². The Balaban J connectivity index is 1.46. The van der Waals surface area contributed by atoms with Crippen LogP contribution in [0.25, 0.3) is 10.6 Å². The number of rotatable bonds is 7. The fraction of sp³-hybridized carbons (Fsp3) is 0.391. The molecule has 1 saturated heterocycles. The van der Waals surface area contributed by atoms with Crippen LogP contribution in [0.1, 0.15) is 38.8 Å². The van der Waals surface area contributed by atoms with Crippen LogP contribution >= 0.6 is 22.7 Å². The van der Waals surface area contributed by atoms with E-state index in [-0.39, 0.29) is 11.9 Å². The molecule has 0 spiro atoms. The van der Waals surface area contributed by atoms with Gasteiger partial charge in [-0.25, -0.2) is 4.98 Å². The van der Waals surface area contributed by atoms with E-state index in [1.54, 1.807) is 11.3 Å². The van der Waals surface area contributed by atoms with Crippen molar-refractivity contribution in [2.75, 3.05) is 32.8 Å². The van der Waals surface area contributed by atoms with Gasteiger partial charge in [-0.15, -0.1) is 22.7 Å². The average molecular weight is 442 g/mol. The lowest BCUT2D eigenvalue weighted by molar-refractivity contribution is 0.0169. The van der Waals surface area contributed by atoms with E-state index in [0.29, 0.717) is 11.4 Å². The Labute approximate surface area is 185 Å². The van der Waals surface area contributed by atoms with E-state index in [4.69, 9.17) is 4.74 Å². The number of nitrogens with one attached hydrogen (secondary N) is 1. The van der Waals surface area contributed by atoms with Crippen LogP contribution < -0.4 is 5.32 Å². The first-order valence-electron chi connectivity index (χ1n) is 10.4. The van der Waals surface area contributed by atoms with Gasteiger partial charge in [0, 0.05) is 30.1 Å². The smallest absolute Gasteiger partial charge is 0.263 e. The summed E-state index contributed by atoms with van der Waals surface area (Å²) in [5.41, 5.74) is 3.14. The zero-order valence-electron chi connectivity index (χ0n) is 17.4. The van der Waals surface area contributed by atoms with Crippen LogP contribution in [0.15, 0.2) is 41.8 Å². The van der Waals surface area contributed by atoms with Gasteiger partial charge in [-0.2, -0.15) is 0 Å². The number of thiophene rings is 1. The van der Waals surface area contributed by atoms with Gasteiger partial charge in [0.15, 0.2) is 0 Å². The molecule has 1 aliphatic rings. The molecule has 3 aromatic rings. The van der Waals surface area contributed by atoms with Crippen LogP contribution in [0.4, 0.5) is 0 Å². The molecule has 5 nitrogen and oxygen atoms in total. The number of ether oxygens (including phenoxy) is 1. The number of morpholine rings is 1. The van der Waals surface area contributed by atoms with Crippen molar-refractivity contribution in [1.82, 2.24) is 15.2 Å². The molecule has 1 amide bonds. The minimum atomic E-state index is -0.0451. The molecular weight excluding hydrogens is 414 g/mol. The summed E-state index contributed by atoms with van der Waals surface area (Å²) in [6.07, 6.45) is 1.01. The van der Waals surface area contributed by atoms with Crippen LogP contribution in [-0.2, 0) is 11.2 Å². The summed E-state index contributed by atoms with van der Waals surface area (Å²) in [6.45, 7) is 7.89. The van der Waals surface area contributed by atoms with Crippen molar-refractivity contribution in [1.29, 1.82) is 0 Å². The maximum atomic E-state index is 13.0. The van der Waals surface area contributed by atoms with Crippen molar-refractivity contribution >= 4 is 28.6 Å². The second-order valence-electron chi connectivity index (χ2n) is 7.37. The van der Waals surface area contributed by atoms with Gasteiger partial charge in [0.1, 0.15) is 9.88 Å². The second kappa shape index (κ2) is 9.83. The van der Waals surface area contributed by atoms with Crippen LogP contribution in [0.3, 0.4) is 0 Å². The maximum Gasteiger partial charge on any atom is 0.263 e. The number of carbonyl (C=O) groups excluding carboxylic acids is 1. The Morgan fingerprint density at radius 3 is 2.67 bits per heavy atom. The highest BCUT2D eigenvalue weighted by atomic mass is 32.1. The lowest BCUT2D eigenvalue weighted by atomic mass is 10.1. The van der Waals surface area contributed by atoms with Crippen molar-refractivity contribution in [2.45, 2.75) is 26.3 Å². The number of benzene rings is 1. The molecule has 1 aromatic carbocycles. The zero-order chi connectivity index (χ0) is 20.9. The normalized spacial score (nSPS) is 15.8. The van der Waals surface area contributed by atoms with Crippen LogP contribution in [0.2, 0.25) is 0 Å². The molecule has 30 heavy (non-hydrogen) atoms. The molecule has 1 unspecified atom stereocenters. The summed E-state index contributed by atoms with van der Waals surface area (Å²) in [7, 11) is 0. The van der Waals surface area contributed by atoms with Gasteiger partial charge in [0.2, 0.25) is 0 Å². The van der Waals surface area contributed by atoms with Crippen LogP contribution in [0, 0.1) is 6.92 Å². The highest BCUT2D eigenvalue weighted by Gasteiger charge is 2.25. The fourth-order valence-corrected chi connectivity index (χ4v) is 5.51. The van der Waals surface area contributed by atoms with E-state index in [0.717, 1.165) is 49.0 Å². The molecule has 2 aromatic heterocycles. The number of hydrogen-bond donors (Lipinski definition) is 1. The van der Waals surface area contributed by atoms with Crippen LogP contribution in [0.5, 0.6) is 0 Å². The van der Waals surface area contributed by atoms with Crippen molar-refractivity contribution in [3.8, 4) is 10.6 Å². The highest BCUT2D eigenvalue weighted by Crippen LogP contribution is 2.29. The second-order valence-corrected chi connectivity index (χ2v) is 9.35. The van der Waals surface area contributed by atoms with Gasteiger partial charge in [-0.1, -0.05) is 37.3 Å². The van der Waals surface area contributed by atoms with Gasteiger partial charge < -0.3 is 10.1 Å². The molecule has 1 fully saturated rings. The van der Waals surface area contributed by atoms with E-state index in [1.807, 2.05) is 6.92 Å². The topological polar surface area (TPSA) is 54.5 Å². The first-order valence-corrected chi connectivity index (χ1v) is 12.1. The number of aryl methyl sites for hydroxylation is 2. The van der Waals surface area contributed by atoms with Crippen molar-refractivity contribution in [3.63, 3.8) is 0 Å². The minimum absolute atomic E-state index is 0.0451. The Morgan fingerprint density at radius 1 is 1.23 bits per heavy atom. The average Bonchev–Trinajstić information content (AvgIpc) is 3.45. The SMILES string of the molecule is CCc1ccc(-c2nc(C)c(C(=O)NCC(c3cccs3)N3CCOCC3)s2)cc1. The summed E-state index contributed by atoms with van der Waals surface area (Å²) < 4.78 is 5.50. The minimum Gasteiger partial charge on any atom is -0.379 e. The summed E-state index contributed by atoms with van der Waals surface area (Å²) in [6, 6.07) is 12.8. The van der Waals surface area contributed by atoms with Gasteiger partial charge in [-0.3, -0.25) is 9.69 Å². The molecule has 0 radical (unpaired) electrons. The van der Waals surface area contributed by atoms with Gasteiger partial charge in [0.25, 0.3) is 5.91 Å². The molecule has 7 heteroatoms. The third kappa shape index (κ3) is 4.81. The molecule has 0 saturated carbocycles. The number of nitrogens with zero attached hydrogens (tertiary/aromatic N) is 2.